The number of carbonyl (C=O) groups is 2. The number of rotatable bonds is 7. The predicted octanol–water partition coefficient (Wildman–Crippen LogP) is 4.62. The summed E-state index contributed by atoms with van der Waals surface area (Å²) in [5.41, 5.74) is 3.86. The van der Waals surface area contributed by atoms with E-state index >= 15 is 0 Å². The average molecular weight is 558 g/mol. The number of H-pyrrole nitrogens is 1. The largest absolute Gasteiger partial charge is 0.351 e. The van der Waals surface area contributed by atoms with E-state index in [0.717, 1.165) is 37.9 Å². The number of halogens is 1. The van der Waals surface area contributed by atoms with Crippen LogP contribution in [0.25, 0.3) is 11.3 Å². The zero-order valence-corrected chi connectivity index (χ0v) is 22.6. The Morgan fingerprint density at radius 3 is 2.67 bits per heavy atom. The lowest BCUT2D eigenvalue weighted by Crippen LogP contribution is -2.48. The monoisotopic (exact) mass is 557 g/mol. The number of ketones is 1. The molecule has 1 aliphatic heterocycles. The van der Waals surface area contributed by atoms with Gasteiger partial charge < -0.3 is 15.5 Å². The van der Waals surface area contributed by atoms with E-state index in [9.17, 15) is 18.8 Å². The highest BCUT2D eigenvalue weighted by atomic mass is 32.1. The SMILES string of the molecule is O=C(Cc1cc(-c2cc(Nc3ccc(N4CCNCC4=O)cc3)c(=O)[nH]n2)ccc1F)c1cc2c(s1)CCCC2. The fraction of sp³-hybridized carbons (Fsp3) is 0.267. The van der Waals surface area contributed by atoms with Gasteiger partial charge in [0.1, 0.15) is 11.5 Å². The summed E-state index contributed by atoms with van der Waals surface area (Å²) in [6.07, 6.45) is 4.24. The highest BCUT2D eigenvalue weighted by Crippen LogP contribution is 2.31. The van der Waals surface area contributed by atoms with Gasteiger partial charge >= 0.3 is 0 Å². The van der Waals surface area contributed by atoms with Crippen LogP contribution in [0.1, 0.15) is 38.5 Å². The number of carbonyl (C=O) groups excluding carboxylic acids is 2. The van der Waals surface area contributed by atoms with Crippen LogP contribution >= 0.6 is 11.3 Å². The summed E-state index contributed by atoms with van der Waals surface area (Å²) in [5, 5.41) is 12.8. The first-order valence-corrected chi connectivity index (χ1v) is 14.2. The Hall–Kier alpha value is -4.15. The van der Waals surface area contributed by atoms with Gasteiger partial charge in [0.25, 0.3) is 5.56 Å². The molecule has 1 aliphatic carbocycles. The van der Waals surface area contributed by atoms with Gasteiger partial charge in [0.2, 0.25) is 5.91 Å². The molecule has 0 radical (unpaired) electrons. The molecule has 0 unspecified atom stereocenters. The van der Waals surface area contributed by atoms with Gasteiger partial charge in [-0.3, -0.25) is 14.4 Å². The topological polar surface area (TPSA) is 107 Å². The molecule has 10 heteroatoms. The summed E-state index contributed by atoms with van der Waals surface area (Å²) in [6, 6.07) is 15.3. The molecule has 204 valence electrons. The minimum Gasteiger partial charge on any atom is -0.351 e. The molecule has 0 atom stereocenters. The van der Waals surface area contributed by atoms with Crippen LogP contribution in [0, 0.1) is 5.82 Å². The van der Waals surface area contributed by atoms with E-state index in [2.05, 4.69) is 20.8 Å². The maximum absolute atomic E-state index is 14.7. The van der Waals surface area contributed by atoms with Crippen molar-refractivity contribution >= 4 is 40.1 Å². The number of benzene rings is 2. The number of piperazine rings is 1. The van der Waals surface area contributed by atoms with Crippen molar-refractivity contribution in [1.29, 1.82) is 0 Å². The third-order valence-corrected chi connectivity index (χ3v) is 8.59. The van der Waals surface area contributed by atoms with Gasteiger partial charge in [-0.1, -0.05) is 0 Å². The molecular formula is C30H28FN5O3S. The lowest BCUT2D eigenvalue weighted by molar-refractivity contribution is -0.118. The van der Waals surface area contributed by atoms with Crippen molar-refractivity contribution in [3.05, 3.63) is 91.6 Å². The lowest BCUT2D eigenvalue weighted by Gasteiger charge is -2.27. The van der Waals surface area contributed by atoms with Crippen LogP contribution in [0.2, 0.25) is 0 Å². The van der Waals surface area contributed by atoms with E-state index in [1.54, 1.807) is 35.2 Å². The molecule has 3 N–H and O–H groups in total. The summed E-state index contributed by atoms with van der Waals surface area (Å²) in [6.45, 7) is 1.64. The Morgan fingerprint density at radius 2 is 1.88 bits per heavy atom. The Balaban J connectivity index is 1.20. The molecule has 1 fully saturated rings. The summed E-state index contributed by atoms with van der Waals surface area (Å²) >= 11 is 1.53. The lowest BCUT2D eigenvalue weighted by atomic mass is 9.98. The number of amides is 1. The number of aromatic nitrogens is 2. The fourth-order valence-corrected chi connectivity index (χ4v) is 6.35. The second kappa shape index (κ2) is 11.1. The number of anilines is 3. The molecule has 8 nitrogen and oxygen atoms in total. The fourth-order valence-electron chi connectivity index (χ4n) is 5.16. The van der Waals surface area contributed by atoms with Crippen molar-refractivity contribution in [2.24, 2.45) is 0 Å². The van der Waals surface area contributed by atoms with Crippen LogP contribution in [0.4, 0.5) is 21.5 Å². The van der Waals surface area contributed by atoms with Gasteiger partial charge in [0, 0.05) is 41.3 Å². The Morgan fingerprint density at radius 1 is 1.05 bits per heavy atom. The highest BCUT2D eigenvalue weighted by Gasteiger charge is 2.20. The van der Waals surface area contributed by atoms with Gasteiger partial charge in [-0.25, -0.2) is 9.49 Å². The molecule has 2 aromatic carbocycles. The molecule has 1 saturated heterocycles. The Bertz CT molecular complexity index is 1620. The minimum absolute atomic E-state index is 0.0112. The number of thiophene rings is 1. The molecule has 2 aliphatic rings. The molecule has 40 heavy (non-hydrogen) atoms. The number of nitrogens with zero attached hydrogens (tertiary/aromatic N) is 2. The Kier molecular flexibility index (Phi) is 7.27. The normalized spacial score (nSPS) is 15.1. The van der Waals surface area contributed by atoms with Crippen molar-refractivity contribution in [2.45, 2.75) is 32.1 Å². The molecule has 0 saturated carbocycles. The van der Waals surface area contributed by atoms with E-state index in [-0.39, 0.29) is 29.4 Å². The standard InChI is InChI=1S/C30H28FN5O3S/c31-23-10-5-18(13-20(23)14-26(37)28-15-19-3-1-2-4-27(19)40-28)24-16-25(30(39)35-34-24)33-21-6-8-22(9-7-21)36-12-11-32-17-29(36)38/h5-10,13,15-16,32H,1-4,11-12,14,17H2,(H,33,34)(H,35,39). The average Bonchev–Trinajstić information content (AvgIpc) is 3.41. The summed E-state index contributed by atoms with van der Waals surface area (Å²) in [7, 11) is 0. The molecule has 6 rings (SSSR count). The number of Topliss-reactive ketones (excluding diaryl/α,β-unsaturated/α-hetero) is 1. The van der Waals surface area contributed by atoms with Gasteiger partial charge in [-0.2, -0.15) is 5.10 Å². The molecule has 0 spiro atoms. The summed E-state index contributed by atoms with van der Waals surface area (Å²) in [5.74, 6) is -0.542. The molecule has 1 amide bonds. The number of hydrogen-bond acceptors (Lipinski definition) is 7. The molecule has 0 bridgehead atoms. The quantitative estimate of drug-likeness (QED) is 0.286. The van der Waals surface area contributed by atoms with Crippen LogP contribution in [0.15, 0.2) is 59.4 Å². The zero-order valence-electron chi connectivity index (χ0n) is 21.8. The molecule has 3 heterocycles. The van der Waals surface area contributed by atoms with Crippen molar-refractivity contribution in [3.63, 3.8) is 0 Å². The van der Waals surface area contributed by atoms with Crippen molar-refractivity contribution in [3.8, 4) is 11.3 Å². The van der Waals surface area contributed by atoms with Crippen LogP contribution in [0.5, 0.6) is 0 Å². The zero-order chi connectivity index (χ0) is 27.6. The summed E-state index contributed by atoms with van der Waals surface area (Å²) < 4.78 is 14.7. The molecule has 4 aromatic rings. The smallest absolute Gasteiger partial charge is 0.287 e. The second-order valence-corrected chi connectivity index (χ2v) is 11.2. The van der Waals surface area contributed by atoms with Crippen molar-refractivity contribution < 1.29 is 14.0 Å². The first-order valence-electron chi connectivity index (χ1n) is 13.4. The van der Waals surface area contributed by atoms with Crippen LogP contribution in [-0.2, 0) is 24.1 Å². The number of aromatic amines is 1. The van der Waals surface area contributed by atoms with E-state index in [4.69, 9.17) is 0 Å². The number of aryl methyl sites for hydroxylation is 2. The van der Waals surface area contributed by atoms with Gasteiger partial charge in [-0.05, 0) is 91.4 Å². The first-order chi connectivity index (χ1) is 19.4. The molecule has 2 aromatic heterocycles. The maximum atomic E-state index is 14.7. The highest BCUT2D eigenvalue weighted by molar-refractivity contribution is 7.14. The van der Waals surface area contributed by atoms with Crippen molar-refractivity contribution in [2.75, 3.05) is 29.9 Å². The van der Waals surface area contributed by atoms with Crippen molar-refractivity contribution in [1.82, 2.24) is 15.5 Å². The van der Waals surface area contributed by atoms with Crippen LogP contribution in [-0.4, -0.2) is 41.5 Å². The van der Waals surface area contributed by atoms with E-state index < -0.39 is 11.4 Å². The van der Waals surface area contributed by atoms with Gasteiger partial charge in [-0.15, -0.1) is 11.3 Å². The Labute approximate surface area is 234 Å². The van der Waals surface area contributed by atoms with E-state index in [1.807, 2.05) is 18.2 Å². The number of fused-ring (bicyclic) bond motifs is 1. The number of nitrogens with one attached hydrogen (secondary N) is 3. The minimum atomic E-state index is -0.454. The van der Waals surface area contributed by atoms with Crippen LogP contribution in [0.3, 0.4) is 0 Å². The van der Waals surface area contributed by atoms with Gasteiger partial charge in [0.05, 0.1) is 17.1 Å². The second-order valence-electron chi connectivity index (χ2n) is 10.1. The first kappa shape index (κ1) is 26.1. The van der Waals surface area contributed by atoms with Crippen LogP contribution < -0.4 is 21.1 Å². The summed E-state index contributed by atoms with van der Waals surface area (Å²) in [4.78, 5) is 41.4. The third kappa shape index (κ3) is 5.45. The van der Waals surface area contributed by atoms with E-state index in [1.165, 1.54) is 27.8 Å². The van der Waals surface area contributed by atoms with Gasteiger partial charge in [0.15, 0.2) is 5.78 Å². The number of hydrogen-bond donors (Lipinski definition) is 3. The third-order valence-electron chi connectivity index (χ3n) is 7.31. The van der Waals surface area contributed by atoms with E-state index in [0.29, 0.717) is 34.9 Å². The maximum Gasteiger partial charge on any atom is 0.287 e. The molecular weight excluding hydrogens is 529 g/mol. The predicted molar refractivity (Wildman–Crippen MR) is 154 cm³/mol.